The van der Waals surface area contributed by atoms with Gasteiger partial charge in [0.15, 0.2) is 0 Å². The molecule has 0 spiro atoms. The maximum Gasteiger partial charge on any atom is 0.124 e. The number of thiazole rings is 2. The number of aryl methyl sites for hydroxylation is 4. The zero-order valence-corrected chi connectivity index (χ0v) is 25.1. The Morgan fingerprint density at radius 2 is 1.00 bits per heavy atom. The van der Waals surface area contributed by atoms with Crippen molar-refractivity contribution >= 4 is 34.1 Å². The van der Waals surface area contributed by atoms with Crippen LogP contribution in [0.3, 0.4) is 0 Å². The fraction of sp³-hybridized carbons (Fsp3) is 0.375. The zero-order valence-electron chi connectivity index (χ0n) is 23.5. The Balaban J connectivity index is 1.49. The summed E-state index contributed by atoms with van der Waals surface area (Å²) < 4.78 is 0. The minimum Gasteiger partial charge on any atom is -0.241 e. The first kappa shape index (κ1) is 28.1. The molecule has 4 aromatic rings. The molecule has 0 radical (unpaired) electrons. The fourth-order valence-electron chi connectivity index (χ4n) is 4.34. The van der Waals surface area contributed by atoms with Crippen LogP contribution in [0, 0.1) is 13.8 Å². The van der Waals surface area contributed by atoms with E-state index in [4.69, 9.17) is 9.97 Å². The standard InChI is InChI=1S/C32H38N4S2/c1-7-9-11-25-13-17-27(18-14-25)31-33-21(3)29(37-31)23(5)35-36-24(6)30-22(4)34-32(38-30)28-19-15-26(16-20-28)12-10-8-2/h13-20H,7-12H2,1-6H3. The van der Waals surface area contributed by atoms with Crippen LogP contribution in [0.5, 0.6) is 0 Å². The predicted octanol–water partition coefficient (Wildman–Crippen LogP) is 9.47. The van der Waals surface area contributed by atoms with Crippen LogP contribution in [0.1, 0.15) is 85.6 Å². The smallest absolute Gasteiger partial charge is 0.124 e. The lowest BCUT2D eigenvalue weighted by atomic mass is 10.1. The van der Waals surface area contributed by atoms with Crippen LogP contribution in [-0.2, 0) is 12.8 Å². The fourth-order valence-corrected chi connectivity index (χ4v) is 6.37. The molecular weight excluding hydrogens is 505 g/mol. The SMILES string of the molecule is CCCCc1ccc(-c2nc(C)c(C(C)=NN=C(C)c3sc(-c4ccc(CCCC)cc4)nc3C)s2)cc1. The van der Waals surface area contributed by atoms with E-state index in [0.29, 0.717) is 0 Å². The predicted molar refractivity (Wildman–Crippen MR) is 166 cm³/mol. The number of unbranched alkanes of at least 4 members (excludes halogenated alkanes) is 2. The van der Waals surface area contributed by atoms with E-state index >= 15 is 0 Å². The summed E-state index contributed by atoms with van der Waals surface area (Å²) in [4.78, 5) is 11.8. The summed E-state index contributed by atoms with van der Waals surface area (Å²) in [6.45, 7) is 12.6. The highest BCUT2D eigenvalue weighted by Gasteiger charge is 2.14. The van der Waals surface area contributed by atoms with E-state index < -0.39 is 0 Å². The average molecular weight is 543 g/mol. The molecule has 0 fully saturated rings. The zero-order chi connectivity index (χ0) is 27.1. The van der Waals surface area contributed by atoms with Crippen molar-refractivity contribution in [1.82, 2.24) is 9.97 Å². The number of rotatable bonds is 11. The van der Waals surface area contributed by atoms with E-state index in [2.05, 4.69) is 72.6 Å². The molecule has 0 amide bonds. The highest BCUT2D eigenvalue weighted by Crippen LogP contribution is 2.30. The normalized spacial score (nSPS) is 12.4. The second kappa shape index (κ2) is 13.2. The largest absolute Gasteiger partial charge is 0.241 e. The van der Waals surface area contributed by atoms with E-state index in [1.54, 1.807) is 22.7 Å². The van der Waals surface area contributed by atoms with Gasteiger partial charge in [-0.3, -0.25) is 0 Å². The van der Waals surface area contributed by atoms with Gasteiger partial charge in [0.25, 0.3) is 0 Å². The summed E-state index contributed by atoms with van der Waals surface area (Å²) in [5.74, 6) is 0. The molecular formula is C32H38N4S2. The first-order valence-corrected chi connectivity index (χ1v) is 15.3. The third-order valence-electron chi connectivity index (χ3n) is 6.64. The molecule has 6 heteroatoms. The molecule has 0 bridgehead atoms. The summed E-state index contributed by atoms with van der Waals surface area (Å²) in [6, 6.07) is 17.6. The van der Waals surface area contributed by atoms with Crippen molar-refractivity contribution < 1.29 is 0 Å². The van der Waals surface area contributed by atoms with Gasteiger partial charge in [0, 0.05) is 11.1 Å². The molecule has 4 rings (SSSR count). The Kier molecular flexibility index (Phi) is 9.75. The van der Waals surface area contributed by atoms with Crippen molar-refractivity contribution in [1.29, 1.82) is 0 Å². The lowest BCUT2D eigenvalue weighted by Crippen LogP contribution is -1.96. The van der Waals surface area contributed by atoms with Crippen LogP contribution in [0.4, 0.5) is 0 Å². The summed E-state index contributed by atoms with van der Waals surface area (Å²) in [5.41, 5.74) is 8.84. The lowest BCUT2D eigenvalue weighted by Gasteiger charge is -2.01. The second-order valence-corrected chi connectivity index (χ2v) is 11.8. The van der Waals surface area contributed by atoms with Gasteiger partial charge >= 0.3 is 0 Å². The highest BCUT2D eigenvalue weighted by atomic mass is 32.1. The van der Waals surface area contributed by atoms with Crippen molar-refractivity contribution in [2.75, 3.05) is 0 Å². The lowest BCUT2D eigenvalue weighted by molar-refractivity contribution is 0.795. The Morgan fingerprint density at radius 1 is 0.632 bits per heavy atom. The Hall–Kier alpha value is -2.96. The number of benzene rings is 2. The van der Waals surface area contributed by atoms with Gasteiger partial charge in [-0.25, -0.2) is 9.97 Å². The maximum atomic E-state index is 4.83. The summed E-state index contributed by atoms with van der Waals surface area (Å²) in [7, 11) is 0. The topological polar surface area (TPSA) is 50.5 Å². The van der Waals surface area contributed by atoms with Gasteiger partial charge in [-0.2, -0.15) is 10.2 Å². The van der Waals surface area contributed by atoms with E-state index in [1.807, 2.05) is 27.7 Å². The first-order chi connectivity index (χ1) is 18.4. The van der Waals surface area contributed by atoms with Crippen LogP contribution >= 0.6 is 22.7 Å². The van der Waals surface area contributed by atoms with Gasteiger partial charge in [-0.1, -0.05) is 75.2 Å². The average Bonchev–Trinajstić information content (AvgIpc) is 3.52. The minimum absolute atomic E-state index is 0.884. The minimum atomic E-state index is 0.884. The van der Waals surface area contributed by atoms with Crippen molar-refractivity contribution in [2.45, 2.75) is 80.1 Å². The van der Waals surface area contributed by atoms with Gasteiger partial charge < -0.3 is 0 Å². The van der Waals surface area contributed by atoms with Crippen LogP contribution in [0.15, 0.2) is 58.7 Å². The van der Waals surface area contributed by atoms with Gasteiger partial charge in [0.05, 0.1) is 32.6 Å². The van der Waals surface area contributed by atoms with Crippen LogP contribution < -0.4 is 0 Å². The molecule has 4 nitrogen and oxygen atoms in total. The molecule has 0 unspecified atom stereocenters. The molecule has 0 atom stereocenters. The Labute approximate surface area is 235 Å². The molecule has 0 saturated carbocycles. The molecule has 0 saturated heterocycles. The summed E-state index contributed by atoms with van der Waals surface area (Å²) in [5, 5.41) is 11.3. The van der Waals surface area contributed by atoms with Crippen LogP contribution in [-0.4, -0.2) is 21.4 Å². The van der Waals surface area contributed by atoms with E-state index in [0.717, 1.165) is 66.5 Å². The summed E-state index contributed by atoms with van der Waals surface area (Å²) in [6.07, 6.45) is 7.15. The monoisotopic (exact) mass is 542 g/mol. The molecule has 38 heavy (non-hydrogen) atoms. The number of nitrogens with zero attached hydrogens (tertiary/aromatic N) is 4. The molecule has 2 aromatic carbocycles. The molecule has 2 heterocycles. The van der Waals surface area contributed by atoms with Crippen LogP contribution in [0.25, 0.3) is 21.1 Å². The molecule has 0 aliphatic heterocycles. The number of aromatic nitrogens is 2. The van der Waals surface area contributed by atoms with Gasteiger partial charge in [0.2, 0.25) is 0 Å². The molecule has 0 aliphatic rings. The van der Waals surface area contributed by atoms with Gasteiger partial charge in [0.1, 0.15) is 10.0 Å². The first-order valence-electron chi connectivity index (χ1n) is 13.6. The van der Waals surface area contributed by atoms with Gasteiger partial charge in [-0.15, -0.1) is 22.7 Å². The van der Waals surface area contributed by atoms with Crippen molar-refractivity contribution in [3.8, 4) is 21.1 Å². The van der Waals surface area contributed by atoms with E-state index in [-0.39, 0.29) is 0 Å². The third kappa shape index (κ3) is 6.91. The summed E-state index contributed by atoms with van der Waals surface area (Å²) >= 11 is 3.36. The van der Waals surface area contributed by atoms with Crippen molar-refractivity contribution in [3.63, 3.8) is 0 Å². The highest BCUT2D eigenvalue weighted by molar-refractivity contribution is 7.17. The Bertz CT molecular complexity index is 1300. The van der Waals surface area contributed by atoms with E-state index in [9.17, 15) is 0 Å². The molecule has 0 aliphatic carbocycles. The number of hydrogen-bond acceptors (Lipinski definition) is 6. The van der Waals surface area contributed by atoms with E-state index in [1.165, 1.54) is 36.8 Å². The quantitative estimate of drug-likeness (QED) is 0.140. The molecule has 2 aromatic heterocycles. The maximum absolute atomic E-state index is 4.83. The second-order valence-electron chi connectivity index (χ2n) is 9.84. The van der Waals surface area contributed by atoms with Crippen LogP contribution in [0.2, 0.25) is 0 Å². The number of hydrogen-bond donors (Lipinski definition) is 0. The molecule has 198 valence electrons. The van der Waals surface area contributed by atoms with Crippen molar-refractivity contribution in [2.24, 2.45) is 10.2 Å². The van der Waals surface area contributed by atoms with Crippen molar-refractivity contribution in [3.05, 3.63) is 80.8 Å². The third-order valence-corrected chi connectivity index (χ3v) is 9.27. The molecule has 0 N–H and O–H groups in total. The Morgan fingerprint density at radius 3 is 1.34 bits per heavy atom. The van der Waals surface area contributed by atoms with Gasteiger partial charge in [-0.05, 0) is 64.5 Å².